The van der Waals surface area contributed by atoms with Crippen molar-refractivity contribution in [3.05, 3.63) is 64.9 Å². The SMILES string of the molecule is C#CCN1C2=C(Cc3cc(NC(=O)c4cccc(Nc5nnns5)c4)ccc31)C(O[Cl+3]([O-])([O-])[O-])CCC2. The Morgan fingerprint density at radius 2 is 2.11 bits per heavy atom. The zero-order chi connectivity index (χ0) is 26.0. The van der Waals surface area contributed by atoms with E-state index in [1.807, 2.05) is 17.0 Å². The van der Waals surface area contributed by atoms with Crippen molar-refractivity contribution in [1.82, 2.24) is 14.8 Å². The maximum atomic E-state index is 13.0. The van der Waals surface area contributed by atoms with Gasteiger partial charge in [0.25, 0.3) is 5.91 Å². The van der Waals surface area contributed by atoms with Crippen LogP contribution in [-0.4, -0.2) is 33.4 Å². The molecule has 11 nitrogen and oxygen atoms in total. The summed E-state index contributed by atoms with van der Waals surface area (Å²) in [5.41, 5.74) is 4.96. The van der Waals surface area contributed by atoms with Gasteiger partial charge in [-0.05, 0) is 72.0 Å². The molecule has 2 aliphatic rings. The van der Waals surface area contributed by atoms with E-state index in [0.29, 0.717) is 53.3 Å². The van der Waals surface area contributed by atoms with Gasteiger partial charge >= 0.3 is 0 Å². The topological polar surface area (TPSA) is 161 Å². The van der Waals surface area contributed by atoms with Gasteiger partial charge < -0.3 is 15.5 Å². The second-order valence-electron chi connectivity index (χ2n) is 8.46. The third kappa shape index (κ3) is 5.72. The predicted molar refractivity (Wildman–Crippen MR) is 127 cm³/mol. The van der Waals surface area contributed by atoms with Gasteiger partial charge in [-0.25, -0.2) is 0 Å². The first-order valence-corrected chi connectivity index (χ1v) is 13.3. The van der Waals surface area contributed by atoms with Gasteiger partial charge in [0.05, 0.1) is 21.1 Å². The minimum absolute atomic E-state index is 0.274. The van der Waals surface area contributed by atoms with Gasteiger partial charge in [-0.2, -0.15) is 14.0 Å². The Hall–Kier alpha value is -3.57. The van der Waals surface area contributed by atoms with Crippen molar-refractivity contribution in [3.8, 4) is 12.3 Å². The van der Waals surface area contributed by atoms with E-state index in [0.717, 1.165) is 28.5 Å². The molecule has 2 aromatic carbocycles. The number of benzene rings is 2. The number of aromatic nitrogens is 3. The van der Waals surface area contributed by atoms with E-state index in [2.05, 4.69) is 31.4 Å². The molecule has 1 aromatic heterocycles. The molecule has 2 N–H and O–H groups in total. The molecule has 0 bridgehead atoms. The van der Waals surface area contributed by atoms with Crippen molar-refractivity contribution < 1.29 is 33.3 Å². The van der Waals surface area contributed by atoms with Crippen LogP contribution >= 0.6 is 11.5 Å². The standard InChI is InChI=1S/C24H21ClN6O5S/c1-2-11-31-20-10-9-18(13-16(20)14-19-21(31)7-4-8-22(19)36-25(33,34)35)26-23(32)15-5-3-6-17(12-15)27-24-28-29-30-37-24/h1,3,5-6,9-10,12-13,22H,4,7-8,11,14H2,(H,26,32)(H,27,28,30). The Labute approximate surface area is 218 Å². The van der Waals surface area contributed by atoms with Crippen molar-refractivity contribution in [2.75, 3.05) is 22.1 Å². The van der Waals surface area contributed by atoms with Gasteiger partial charge in [-0.1, -0.05) is 21.6 Å². The highest BCUT2D eigenvalue weighted by Crippen LogP contribution is 2.42. The van der Waals surface area contributed by atoms with Gasteiger partial charge in [-0.3, -0.25) is 4.79 Å². The minimum Gasteiger partial charge on any atom is -0.333 e. The molecule has 190 valence electrons. The first-order valence-electron chi connectivity index (χ1n) is 11.3. The van der Waals surface area contributed by atoms with Crippen molar-refractivity contribution in [3.63, 3.8) is 0 Å². The van der Waals surface area contributed by atoms with Gasteiger partial charge in [0.1, 0.15) is 0 Å². The van der Waals surface area contributed by atoms with Crippen molar-refractivity contribution in [2.45, 2.75) is 31.8 Å². The highest BCUT2D eigenvalue weighted by atomic mass is 35.7. The van der Waals surface area contributed by atoms with Gasteiger partial charge in [0, 0.05) is 46.3 Å². The van der Waals surface area contributed by atoms with Crippen LogP contribution < -0.4 is 29.5 Å². The fourth-order valence-corrected chi connectivity index (χ4v) is 5.51. The third-order valence-corrected chi connectivity index (χ3v) is 7.06. The Balaban J connectivity index is 1.38. The summed E-state index contributed by atoms with van der Waals surface area (Å²) in [5, 5.41) is 13.8. The van der Waals surface area contributed by atoms with Crippen LogP contribution in [0.25, 0.3) is 0 Å². The normalized spacial score (nSPS) is 17.0. The van der Waals surface area contributed by atoms with Crippen molar-refractivity contribution >= 4 is 39.6 Å². The number of nitrogens with one attached hydrogen (secondary N) is 2. The lowest BCUT2D eigenvalue weighted by atomic mass is 9.84. The van der Waals surface area contributed by atoms with E-state index in [1.165, 1.54) is 0 Å². The van der Waals surface area contributed by atoms with Gasteiger partial charge in [0.15, 0.2) is 0 Å². The lowest BCUT2D eigenvalue weighted by molar-refractivity contribution is -1.92. The molecule has 13 heteroatoms. The summed E-state index contributed by atoms with van der Waals surface area (Å²) < 4.78 is 42.5. The summed E-state index contributed by atoms with van der Waals surface area (Å²) in [5.74, 6) is 2.33. The monoisotopic (exact) mass is 540 g/mol. The molecule has 1 aliphatic heterocycles. The molecule has 0 radical (unpaired) electrons. The lowest BCUT2D eigenvalue weighted by Crippen LogP contribution is -2.62. The number of nitrogens with zero attached hydrogens (tertiary/aromatic N) is 4. The molecular formula is C24H21ClN6O5S. The number of terminal acetylenes is 1. The predicted octanol–water partition coefficient (Wildman–Crippen LogP) is 0.645. The molecule has 1 atom stereocenters. The summed E-state index contributed by atoms with van der Waals surface area (Å²) >= 11 is 1.10. The number of amides is 1. The number of allylic oxidation sites excluding steroid dienone is 1. The maximum Gasteiger partial charge on any atom is 0.255 e. The molecule has 3 aromatic rings. The fraction of sp³-hybridized carbons (Fsp3) is 0.250. The number of anilines is 4. The molecule has 0 saturated carbocycles. The number of halogens is 1. The average molecular weight is 541 g/mol. The summed E-state index contributed by atoms with van der Waals surface area (Å²) in [6.07, 6.45) is 6.93. The van der Waals surface area contributed by atoms with E-state index in [4.69, 9.17) is 10.7 Å². The van der Waals surface area contributed by atoms with Crippen molar-refractivity contribution in [1.29, 1.82) is 0 Å². The molecule has 1 amide bonds. The quantitative estimate of drug-likeness (QED) is 0.407. The molecule has 37 heavy (non-hydrogen) atoms. The lowest BCUT2D eigenvalue weighted by Gasteiger charge is -2.38. The number of hydrogen-bond donors (Lipinski definition) is 2. The number of hydrogen-bond acceptors (Lipinski definition) is 11. The summed E-state index contributed by atoms with van der Waals surface area (Å²) in [4.78, 5) is 14.9. The number of carbonyl (C=O) groups is 1. The highest BCUT2D eigenvalue weighted by Gasteiger charge is 2.40. The van der Waals surface area contributed by atoms with E-state index in [9.17, 15) is 18.8 Å². The smallest absolute Gasteiger partial charge is 0.255 e. The van der Waals surface area contributed by atoms with Crippen LogP contribution in [-0.2, 0) is 10.7 Å². The van der Waals surface area contributed by atoms with Crippen LogP contribution in [0, 0.1) is 22.6 Å². The second-order valence-corrected chi connectivity index (χ2v) is 10.1. The van der Waals surface area contributed by atoms with E-state index in [-0.39, 0.29) is 12.5 Å². The zero-order valence-corrected chi connectivity index (χ0v) is 20.9. The summed E-state index contributed by atoms with van der Waals surface area (Å²) in [6, 6.07) is 12.4. The molecule has 2 heterocycles. The van der Waals surface area contributed by atoms with E-state index >= 15 is 0 Å². The van der Waals surface area contributed by atoms with Crippen LogP contribution in [0.4, 0.5) is 22.2 Å². The first-order chi connectivity index (χ1) is 17.8. The molecular weight excluding hydrogens is 520 g/mol. The third-order valence-electron chi connectivity index (χ3n) is 6.12. The zero-order valence-electron chi connectivity index (χ0n) is 19.3. The minimum atomic E-state index is -4.58. The van der Waals surface area contributed by atoms with Crippen LogP contribution in [0.3, 0.4) is 0 Å². The Kier molecular flexibility index (Phi) is 7.07. The average Bonchev–Trinajstić information content (AvgIpc) is 3.37. The van der Waals surface area contributed by atoms with Crippen LogP contribution in [0.5, 0.6) is 0 Å². The molecule has 1 aliphatic carbocycles. The van der Waals surface area contributed by atoms with Crippen LogP contribution in [0.2, 0.25) is 0 Å². The Morgan fingerprint density at radius 1 is 1.24 bits per heavy atom. The number of carbonyl (C=O) groups excluding carboxylic acids is 1. The van der Waals surface area contributed by atoms with Crippen molar-refractivity contribution in [2.24, 2.45) is 0 Å². The first kappa shape index (κ1) is 25.1. The Bertz CT molecular complexity index is 1390. The largest absolute Gasteiger partial charge is 0.333 e. The second kappa shape index (κ2) is 10.4. The fourth-order valence-electron chi connectivity index (χ4n) is 4.67. The Morgan fingerprint density at radius 3 is 2.86 bits per heavy atom. The highest BCUT2D eigenvalue weighted by molar-refractivity contribution is 7.09. The van der Waals surface area contributed by atoms with Crippen LogP contribution in [0.15, 0.2) is 53.7 Å². The maximum absolute atomic E-state index is 13.0. The molecule has 0 saturated heterocycles. The van der Waals surface area contributed by atoms with E-state index in [1.54, 1.807) is 30.3 Å². The molecule has 1 unspecified atom stereocenters. The molecule has 5 rings (SSSR count). The summed E-state index contributed by atoms with van der Waals surface area (Å²) in [7, 11) is -4.58. The number of rotatable bonds is 7. The summed E-state index contributed by atoms with van der Waals surface area (Å²) in [6.45, 7) is 0.274. The van der Waals surface area contributed by atoms with E-state index < -0.39 is 16.3 Å². The number of fused-ring (bicyclic) bond motifs is 1. The van der Waals surface area contributed by atoms with Gasteiger partial charge in [0.2, 0.25) is 11.2 Å². The molecule has 0 fully saturated rings. The molecule has 0 spiro atoms. The van der Waals surface area contributed by atoms with Gasteiger partial charge in [-0.15, -0.1) is 6.42 Å². The van der Waals surface area contributed by atoms with Crippen LogP contribution in [0.1, 0.15) is 35.2 Å².